The fourth-order valence-corrected chi connectivity index (χ4v) is 6.86. The lowest BCUT2D eigenvalue weighted by molar-refractivity contribution is -0.376. The number of hydrogen-bond acceptors (Lipinski definition) is 6. The van der Waals surface area contributed by atoms with Crippen LogP contribution in [-0.4, -0.2) is 73.1 Å². The number of amides is 1. The number of alkyl halides is 6. The van der Waals surface area contributed by atoms with Gasteiger partial charge in [0.2, 0.25) is 5.91 Å². The van der Waals surface area contributed by atoms with Crippen molar-refractivity contribution in [2.24, 2.45) is 5.73 Å². The first kappa shape index (κ1) is 31.0. The van der Waals surface area contributed by atoms with Crippen molar-refractivity contribution in [3.63, 3.8) is 0 Å². The van der Waals surface area contributed by atoms with Crippen LogP contribution in [0.25, 0.3) is 0 Å². The molecule has 1 unspecified atom stereocenters. The van der Waals surface area contributed by atoms with E-state index in [2.05, 4.69) is 0 Å². The quantitative estimate of drug-likeness (QED) is 0.431. The molecule has 2 aromatic rings. The molecule has 2 aliphatic heterocycles. The van der Waals surface area contributed by atoms with Gasteiger partial charge in [-0.05, 0) is 55.2 Å². The van der Waals surface area contributed by atoms with E-state index in [-0.39, 0.29) is 50.1 Å². The third-order valence-corrected chi connectivity index (χ3v) is 9.36. The van der Waals surface area contributed by atoms with Gasteiger partial charge in [0.05, 0.1) is 28.8 Å². The Bertz CT molecular complexity index is 1400. The second kappa shape index (κ2) is 10.4. The molecule has 1 amide bonds. The number of likely N-dealkylation sites (tertiary alicyclic amines) is 1. The molecular weight excluding hydrogens is 587 g/mol. The first-order valence-electron chi connectivity index (χ1n) is 12.3. The monoisotopic (exact) mass is 613 g/mol. The van der Waals surface area contributed by atoms with E-state index in [1.807, 2.05) is 0 Å². The van der Waals surface area contributed by atoms with Gasteiger partial charge in [-0.3, -0.25) is 9.10 Å². The number of aliphatic hydroxyl groups is 2. The number of nitrogens with zero attached hydrogens (tertiary/aromatic N) is 2. The molecule has 0 spiro atoms. The van der Waals surface area contributed by atoms with Crippen LogP contribution < -0.4 is 10.0 Å². The van der Waals surface area contributed by atoms with Crippen molar-refractivity contribution < 1.29 is 54.2 Å². The Morgan fingerprint density at radius 3 is 2.20 bits per heavy atom. The molecule has 16 heteroatoms. The largest absolute Gasteiger partial charge is 0.430 e. The summed E-state index contributed by atoms with van der Waals surface area (Å²) in [5.41, 5.74) is -3.09. The molecule has 4 N–H and O–H groups in total. The van der Waals surface area contributed by atoms with Gasteiger partial charge in [-0.15, -0.1) is 0 Å². The third kappa shape index (κ3) is 5.49. The summed E-state index contributed by atoms with van der Waals surface area (Å²) < 4.78 is 123. The molecule has 0 bridgehead atoms. The Balaban J connectivity index is 1.78. The smallest absolute Gasteiger partial charge is 0.387 e. The van der Waals surface area contributed by atoms with Crippen LogP contribution in [0.3, 0.4) is 0 Å². The molecular formula is C25H26F7N3O5S. The molecule has 2 heterocycles. The van der Waals surface area contributed by atoms with E-state index in [1.54, 1.807) is 0 Å². The predicted molar refractivity (Wildman–Crippen MR) is 130 cm³/mol. The van der Waals surface area contributed by atoms with Crippen molar-refractivity contribution in [3.8, 4) is 0 Å². The molecule has 226 valence electrons. The van der Waals surface area contributed by atoms with Crippen molar-refractivity contribution in [1.82, 2.24) is 4.90 Å². The number of carbonyl (C=O) groups is 1. The second-order valence-corrected chi connectivity index (χ2v) is 12.0. The number of carbonyl (C=O) groups excluding carboxylic acids is 1. The first-order valence-corrected chi connectivity index (χ1v) is 13.8. The summed E-state index contributed by atoms with van der Waals surface area (Å²) in [6, 6.07) is 3.93. The number of aryl methyl sites for hydroxylation is 1. The minimum atomic E-state index is -6.15. The van der Waals surface area contributed by atoms with E-state index in [9.17, 15) is 54.2 Å². The summed E-state index contributed by atoms with van der Waals surface area (Å²) in [4.78, 5) is 14.0. The number of sulfonamides is 1. The van der Waals surface area contributed by atoms with Crippen LogP contribution in [0.1, 0.15) is 30.4 Å². The standard InChI is InChI=1S/C25H26F7N3O5S/c26-17-3-6-19(7-4-17)41(39,40)35-18(12-21(36)34-10-9-22(37,13-33)14-34)5-1-15-11-16(2-8-20(15)35)23(38,24(27,28)29)25(30,31)32/h2-4,6-8,11,18,37-38H,1,5,9-10,12-14,33H2/t18-,22?/m0/s1. The van der Waals surface area contributed by atoms with E-state index in [4.69, 9.17) is 5.73 Å². The van der Waals surface area contributed by atoms with Crippen LogP contribution >= 0.6 is 0 Å². The highest BCUT2D eigenvalue weighted by molar-refractivity contribution is 7.92. The summed E-state index contributed by atoms with van der Waals surface area (Å²) in [5, 5.41) is 20.2. The zero-order chi connectivity index (χ0) is 30.6. The summed E-state index contributed by atoms with van der Waals surface area (Å²) in [6.45, 7) is -0.0895. The number of fused-ring (bicyclic) bond motifs is 1. The normalized spacial score (nSPS) is 22.1. The summed E-state index contributed by atoms with van der Waals surface area (Å²) in [5.74, 6) is -1.32. The molecule has 4 rings (SSSR count). The average Bonchev–Trinajstić information content (AvgIpc) is 3.29. The van der Waals surface area contributed by atoms with E-state index in [0.717, 1.165) is 28.6 Å². The van der Waals surface area contributed by atoms with E-state index in [0.29, 0.717) is 18.2 Å². The second-order valence-electron chi connectivity index (χ2n) is 10.2. The van der Waals surface area contributed by atoms with Gasteiger partial charge in [0.15, 0.2) is 0 Å². The molecule has 0 radical (unpaired) electrons. The molecule has 2 aromatic carbocycles. The van der Waals surface area contributed by atoms with Crippen molar-refractivity contribution in [1.29, 1.82) is 0 Å². The molecule has 1 fully saturated rings. The molecule has 0 aromatic heterocycles. The maximum absolute atomic E-state index is 13.7. The zero-order valence-electron chi connectivity index (χ0n) is 21.2. The maximum atomic E-state index is 13.7. The van der Waals surface area contributed by atoms with Gasteiger partial charge in [0.25, 0.3) is 15.6 Å². The van der Waals surface area contributed by atoms with E-state index < -0.39 is 68.2 Å². The van der Waals surface area contributed by atoms with Gasteiger partial charge < -0.3 is 20.8 Å². The Morgan fingerprint density at radius 2 is 1.66 bits per heavy atom. The summed E-state index contributed by atoms with van der Waals surface area (Å²) >= 11 is 0. The lowest BCUT2D eigenvalue weighted by Crippen LogP contribution is -2.54. The number of hydrogen-bond donors (Lipinski definition) is 3. The maximum Gasteiger partial charge on any atom is 0.430 e. The number of rotatable bonds is 6. The number of β-amino-alcohol motifs (C(OH)–C–C–N with tert-alkyl or cyclic N) is 1. The minimum absolute atomic E-state index is 0.104. The highest BCUT2D eigenvalue weighted by Gasteiger charge is 2.71. The molecule has 2 aliphatic rings. The van der Waals surface area contributed by atoms with Gasteiger partial charge in [-0.2, -0.15) is 26.3 Å². The fourth-order valence-electron chi connectivity index (χ4n) is 5.15. The van der Waals surface area contributed by atoms with E-state index in [1.165, 1.54) is 4.90 Å². The Morgan fingerprint density at radius 1 is 1.05 bits per heavy atom. The summed E-state index contributed by atoms with van der Waals surface area (Å²) in [7, 11) is -4.62. The molecule has 8 nitrogen and oxygen atoms in total. The van der Waals surface area contributed by atoms with Crippen molar-refractivity contribution >= 4 is 21.6 Å². The first-order chi connectivity index (χ1) is 18.8. The van der Waals surface area contributed by atoms with Gasteiger partial charge in [0.1, 0.15) is 5.82 Å². The third-order valence-electron chi connectivity index (χ3n) is 7.48. The molecule has 2 atom stereocenters. The van der Waals surface area contributed by atoms with Gasteiger partial charge in [0, 0.05) is 25.1 Å². The number of anilines is 1. The fraction of sp³-hybridized carbons (Fsp3) is 0.480. The van der Waals surface area contributed by atoms with Crippen molar-refractivity contribution in [2.75, 3.05) is 23.9 Å². The Hall–Kier alpha value is -2.95. The van der Waals surface area contributed by atoms with Gasteiger partial charge >= 0.3 is 12.4 Å². The number of nitrogens with two attached hydrogens (primary N) is 1. The van der Waals surface area contributed by atoms with Crippen LogP contribution in [0.15, 0.2) is 47.4 Å². The van der Waals surface area contributed by atoms with Crippen LogP contribution in [-0.2, 0) is 26.8 Å². The van der Waals surface area contributed by atoms with E-state index >= 15 is 0 Å². The molecule has 0 aliphatic carbocycles. The van der Waals surface area contributed by atoms with Crippen molar-refractivity contribution in [3.05, 3.63) is 59.4 Å². The molecule has 0 saturated carbocycles. The minimum Gasteiger partial charge on any atom is -0.387 e. The number of benzene rings is 2. The van der Waals surface area contributed by atoms with Crippen LogP contribution in [0.2, 0.25) is 0 Å². The highest BCUT2D eigenvalue weighted by atomic mass is 32.2. The van der Waals surface area contributed by atoms with Gasteiger partial charge in [-0.1, -0.05) is 12.1 Å². The molecule has 41 heavy (non-hydrogen) atoms. The predicted octanol–water partition coefficient (Wildman–Crippen LogP) is 2.96. The van der Waals surface area contributed by atoms with Crippen molar-refractivity contribution in [2.45, 2.75) is 60.2 Å². The lowest BCUT2D eigenvalue weighted by Gasteiger charge is -2.39. The summed E-state index contributed by atoms with van der Waals surface area (Å²) in [6.07, 6.45) is -13.0. The topological polar surface area (TPSA) is 124 Å². The Labute approximate surface area is 230 Å². The highest BCUT2D eigenvalue weighted by Crippen LogP contribution is 2.51. The Kier molecular flexibility index (Phi) is 7.86. The van der Waals surface area contributed by atoms with Gasteiger partial charge in [-0.25, -0.2) is 12.8 Å². The van der Waals surface area contributed by atoms with Crippen LogP contribution in [0.4, 0.5) is 36.4 Å². The SMILES string of the molecule is NCC1(O)CCN(C(=O)C[C@@H]2CCc3cc(C(O)(C(F)(F)F)C(F)(F)F)ccc3N2S(=O)(=O)c2ccc(F)cc2)C1. The number of halogens is 7. The molecule has 1 saturated heterocycles. The average molecular weight is 614 g/mol. The zero-order valence-corrected chi connectivity index (χ0v) is 22.0. The van der Waals surface area contributed by atoms with Crippen LogP contribution in [0, 0.1) is 5.82 Å². The lowest BCUT2D eigenvalue weighted by atomic mass is 9.87. The van der Waals surface area contributed by atoms with Crippen LogP contribution in [0.5, 0.6) is 0 Å².